The lowest BCUT2D eigenvalue weighted by molar-refractivity contribution is 0.438. The van der Waals surface area contributed by atoms with Gasteiger partial charge < -0.3 is 16.0 Å². The topological polar surface area (TPSA) is 41.3 Å². The molecule has 0 unspecified atom stereocenters. The van der Waals surface area contributed by atoms with Gasteiger partial charge >= 0.3 is 0 Å². The molecule has 0 amide bonds. The molecule has 17 heavy (non-hydrogen) atoms. The molecular formula is C14H23N3. The first-order chi connectivity index (χ1) is 7.95. The smallest absolute Gasteiger partial charge is 0.0612 e. The summed E-state index contributed by atoms with van der Waals surface area (Å²) < 4.78 is 0. The van der Waals surface area contributed by atoms with Crippen LogP contribution < -0.4 is 16.0 Å². The Labute approximate surface area is 104 Å². The Balaban J connectivity index is 2.50. The second kappa shape index (κ2) is 4.22. The molecule has 3 nitrogen and oxygen atoms in total. The summed E-state index contributed by atoms with van der Waals surface area (Å²) in [4.78, 5) is 2.48. The molecule has 0 radical (unpaired) electrons. The highest BCUT2D eigenvalue weighted by atomic mass is 15.3. The molecule has 1 aliphatic rings. The third-order valence-corrected chi connectivity index (χ3v) is 3.44. The molecule has 1 aromatic carbocycles. The van der Waals surface area contributed by atoms with E-state index in [0.717, 1.165) is 6.54 Å². The minimum absolute atomic E-state index is 0.133. The summed E-state index contributed by atoms with van der Waals surface area (Å²) in [5.41, 5.74) is 9.55. The van der Waals surface area contributed by atoms with Crippen LogP contribution >= 0.6 is 0 Å². The van der Waals surface area contributed by atoms with E-state index < -0.39 is 0 Å². The van der Waals surface area contributed by atoms with Crippen LogP contribution in [0, 0.1) is 0 Å². The van der Waals surface area contributed by atoms with E-state index in [4.69, 9.17) is 5.73 Å². The lowest BCUT2D eigenvalue weighted by Gasteiger charge is -2.48. The van der Waals surface area contributed by atoms with Gasteiger partial charge in [-0.3, -0.25) is 0 Å². The standard InChI is InChI=1S/C14H23N3/c1-10(2)17-13-7-11(8-15)5-6-12(13)16-9-14(17,3)4/h5-7,10,16H,8-9,15H2,1-4H3. The zero-order valence-electron chi connectivity index (χ0n) is 11.2. The summed E-state index contributed by atoms with van der Waals surface area (Å²) in [6.45, 7) is 10.6. The molecule has 94 valence electrons. The molecule has 0 saturated carbocycles. The molecule has 0 spiro atoms. The summed E-state index contributed by atoms with van der Waals surface area (Å²) in [7, 11) is 0. The summed E-state index contributed by atoms with van der Waals surface area (Å²) in [5.74, 6) is 0. The van der Waals surface area contributed by atoms with Crippen LogP contribution in [-0.4, -0.2) is 18.1 Å². The molecule has 0 fully saturated rings. The normalized spacial score (nSPS) is 17.9. The highest BCUT2D eigenvalue weighted by Gasteiger charge is 2.34. The first-order valence-electron chi connectivity index (χ1n) is 6.32. The van der Waals surface area contributed by atoms with Crippen LogP contribution in [0.5, 0.6) is 0 Å². The average Bonchev–Trinajstić information content (AvgIpc) is 2.26. The van der Waals surface area contributed by atoms with Gasteiger partial charge in [0.2, 0.25) is 0 Å². The van der Waals surface area contributed by atoms with Crippen LogP contribution in [0.1, 0.15) is 33.3 Å². The summed E-state index contributed by atoms with van der Waals surface area (Å²) in [6, 6.07) is 6.94. The summed E-state index contributed by atoms with van der Waals surface area (Å²) in [5, 5.41) is 3.51. The van der Waals surface area contributed by atoms with Gasteiger partial charge in [0, 0.05) is 19.1 Å². The van der Waals surface area contributed by atoms with Gasteiger partial charge in [-0.1, -0.05) is 6.07 Å². The van der Waals surface area contributed by atoms with Gasteiger partial charge in [-0.15, -0.1) is 0 Å². The van der Waals surface area contributed by atoms with Crippen LogP contribution in [-0.2, 0) is 6.54 Å². The predicted molar refractivity (Wildman–Crippen MR) is 74.5 cm³/mol. The Kier molecular flexibility index (Phi) is 3.04. The summed E-state index contributed by atoms with van der Waals surface area (Å²) >= 11 is 0. The van der Waals surface area contributed by atoms with E-state index in [-0.39, 0.29) is 5.54 Å². The minimum atomic E-state index is 0.133. The van der Waals surface area contributed by atoms with Crippen molar-refractivity contribution in [3.05, 3.63) is 23.8 Å². The van der Waals surface area contributed by atoms with E-state index >= 15 is 0 Å². The van der Waals surface area contributed by atoms with E-state index in [1.54, 1.807) is 0 Å². The van der Waals surface area contributed by atoms with E-state index in [2.05, 4.69) is 56.1 Å². The highest BCUT2D eigenvalue weighted by Crippen LogP contribution is 2.38. The molecule has 3 N–H and O–H groups in total. The molecule has 0 aliphatic carbocycles. The number of nitrogens with two attached hydrogens (primary N) is 1. The zero-order chi connectivity index (χ0) is 12.6. The Hall–Kier alpha value is -1.22. The molecule has 0 atom stereocenters. The van der Waals surface area contributed by atoms with Gasteiger partial charge in [-0.2, -0.15) is 0 Å². The Bertz CT molecular complexity index is 410. The Morgan fingerprint density at radius 2 is 2.12 bits per heavy atom. The second-order valence-corrected chi connectivity index (χ2v) is 5.69. The second-order valence-electron chi connectivity index (χ2n) is 5.69. The molecule has 1 heterocycles. The van der Waals surface area contributed by atoms with Crippen molar-refractivity contribution in [2.24, 2.45) is 5.73 Å². The molecule has 1 aliphatic heterocycles. The van der Waals surface area contributed by atoms with Crippen molar-refractivity contribution in [3.8, 4) is 0 Å². The number of hydrogen-bond donors (Lipinski definition) is 2. The molecule has 2 rings (SSSR count). The van der Waals surface area contributed by atoms with E-state index in [9.17, 15) is 0 Å². The minimum Gasteiger partial charge on any atom is -0.381 e. The van der Waals surface area contributed by atoms with E-state index in [1.807, 2.05) is 0 Å². The number of nitrogens with one attached hydrogen (secondary N) is 1. The quantitative estimate of drug-likeness (QED) is 0.825. The number of hydrogen-bond acceptors (Lipinski definition) is 3. The van der Waals surface area contributed by atoms with Crippen molar-refractivity contribution in [2.45, 2.75) is 45.8 Å². The third-order valence-electron chi connectivity index (χ3n) is 3.44. The number of rotatable bonds is 2. The zero-order valence-corrected chi connectivity index (χ0v) is 11.2. The molecule has 0 bridgehead atoms. The molecular weight excluding hydrogens is 210 g/mol. The molecule has 0 saturated heterocycles. The van der Waals surface area contributed by atoms with Crippen molar-refractivity contribution >= 4 is 11.4 Å². The van der Waals surface area contributed by atoms with Crippen molar-refractivity contribution in [1.82, 2.24) is 0 Å². The summed E-state index contributed by atoms with van der Waals surface area (Å²) in [6.07, 6.45) is 0. The van der Waals surface area contributed by atoms with Crippen LogP contribution in [0.3, 0.4) is 0 Å². The van der Waals surface area contributed by atoms with E-state index in [1.165, 1.54) is 16.9 Å². The number of fused-ring (bicyclic) bond motifs is 1. The van der Waals surface area contributed by atoms with Crippen LogP contribution in [0.4, 0.5) is 11.4 Å². The van der Waals surface area contributed by atoms with Gasteiger partial charge in [-0.05, 0) is 45.4 Å². The van der Waals surface area contributed by atoms with Gasteiger partial charge in [-0.25, -0.2) is 0 Å². The number of nitrogens with zero attached hydrogens (tertiary/aromatic N) is 1. The maximum absolute atomic E-state index is 5.73. The fourth-order valence-corrected chi connectivity index (χ4v) is 2.75. The van der Waals surface area contributed by atoms with E-state index in [0.29, 0.717) is 12.6 Å². The van der Waals surface area contributed by atoms with Gasteiger partial charge in [0.25, 0.3) is 0 Å². The van der Waals surface area contributed by atoms with Crippen molar-refractivity contribution in [1.29, 1.82) is 0 Å². The van der Waals surface area contributed by atoms with Gasteiger partial charge in [0.1, 0.15) is 0 Å². The first kappa shape index (κ1) is 12.2. The average molecular weight is 233 g/mol. The maximum Gasteiger partial charge on any atom is 0.0612 e. The lowest BCUT2D eigenvalue weighted by atomic mass is 9.95. The number of benzene rings is 1. The molecule has 1 aromatic rings. The lowest BCUT2D eigenvalue weighted by Crippen LogP contribution is -2.55. The maximum atomic E-state index is 5.73. The predicted octanol–water partition coefficient (Wildman–Crippen LogP) is 2.56. The SMILES string of the molecule is CC(C)N1c2cc(CN)ccc2NCC1(C)C. The third kappa shape index (κ3) is 2.12. The van der Waals surface area contributed by atoms with Gasteiger partial charge in [0.05, 0.1) is 16.9 Å². The highest BCUT2D eigenvalue weighted by molar-refractivity contribution is 5.74. The van der Waals surface area contributed by atoms with Crippen molar-refractivity contribution in [3.63, 3.8) is 0 Å². The van der Waals surface area contributed by atoms with Crippen LogP contribution in [0.2, 0.25) is 0 Å². The number of anilines is 2. The fraction of sp³-hybridized carbons (Fsp3) is 0.571. The van der Waals surface area contributed by atoms with Crippen molar-refractivity contribution in [2.75, 3.05) is 16.8 Å². The van der Waals surface area contributed by atoms with Crippen LogP contribution in [0.25, 0.3) is 0 Å². The molecule has 3 heteroatoms. The van der Waals surface area contributed by atoms with Crippen LogP contribution in [0.15, 0.2) is 18.2 Å². The Morgan fingerprint density at radius 3 is 2.71 bits per heavy atom. The Morgan fingerprint density at radius 1 is 1.41 bits per heavy atom. The first-order valence-corrected chi connectivity index (χ1v) is 6.32. The van der Waals surface area contributed by atoms with Crippen molar-refractivity contribution < 1.29 is 0 Å². The monoisotopic (exact) mass is 233 g/mol. The van der Waals surface area contributed by atoms with Gasteiger partial charge in [0.15, 0.2) is 0 Å². The molecule has 0 aromatic heterocycles. The largest absolute Gasteiger partial charge is 0.381 e. The fourth-order valence-electron chi connectivity index (χ4n) is 2.75.